The highest BCUT2D eigenvalue weighted by Gasteiger charge is 2.14. The largest absolute Gasteiger partial charge is 0.397 e. The van der Waals surface area contributed by atoms with Crippen LogP contribution in [0, 0.1) is 5.92 Å². The van der Waals surface area contributed by atoms with E-state index >= 15 is 0 Å². The number of nitrogen functional groups attached to an aromatic ring is 1. The van der Waals surface area contributed by atoms with Crippen LogP contribution in [-0.2, 0) is 4.74 Å². The van der Waals surface area contributed by atoms with E-state index in [1.54, 1.807) is 19.2 Å². The van der Waals surface area contributed by atoms with Crippen molar-refractivity contribution in [2.75, 3.05) is 37.9 Å². The average Bonchev–Trinajstić information content (AvgIpc) is 2.46. The van der Waals surface area contributed by atoms with Crippen molar-refractivity contribution in [2.45, 2.75) is 12.8 Å². The highest BCUT2D eigenvalue weighted by atomic mass is 16.5. The first-order valence-corrected chi connectivity index (χ1v) is 6.64. The van der Waals surface area contributed by atoms with Crippen LogP contribution in [0.4, 0.5) is 11.4 Å². The number of amides is 1. The molecular formula is C14H21N3O2. The van der Waals surface area contributed by atoms with Crippen molar-refractivity contribution in [2.24, 2.45) is 5.92 Å². The first-order valence-electron chi connectivity index (χ1n) is 6.64. The van der Waals surface area contributed by atoms with E-state index in [4.69, 9.17) is 10.5 Å². The van der Waals surface area contributed by atoms with Crippen molar-refractivity contribution in [1.82, 2.24) is 5.32 Å². The van der Waals surface area contributed by atoms with E-state index in [-0.39, 0.29) is 5.91 Å². The lowest BCUT2D eigenvalue weighted by Gasteiger charge is -2.23. The Bertz CT molecular complexity index is 442. The zero-order valence-electron chi connectivity index (χ0n) is 11.2. The molecule has 1 aromatic carbocycles. The van der Waals surface area contributed by atoms with Crippen molar-refractivity contribution >= 4 is 17.3 Å². The Hall–Kier alpha value is -1.75. The van der Waals surface area contributed by atoms with Crippen LogP contribution in [0.15, 0.2) is 18.2 Å². The standard InChI is InChI=1S/C14H21N3O2/c1-16-14(18)11-4-5-13(12(15)7-11)17-8-10-3-2-6-19-9-10/h4-5,7,10,17H,2-3,6,8-9,15H2,1H3,(H,16,18). The average molecular weight is 263 g/mol. The number of hydrogen-bond acceptors (Lipinski definition) is 4. The van der Waals surface area contributed by atoms with Gasteiger partial charge in [0.05, 0.1) is 18.0 Å². The molecule has 1 unspecified atom stereocenters. The van der Waals surface area contributed by atoms with Crippen LogP contribution in [0.5, 0.6) is 0 Å². The second-order valence-corrected chi connectivity index (χ2v) is 4.85. The molecule has 4 N–H and O–H groups in total. The summed E-state index contributed by atoms with van der Waals surface area (Å²) in [7, 11) is 1.60. The number of nitrogens with two attached hydrogens (primary N) is 1. The minimum absolute atomic E-state index is 0.126. The minimum Gasteiger partial charge on any atom is -0.397 e. The molecule has 1 atom stereocenters. The zero-order chi connectivity index (χ0) is 13.7. The molecule has 1 fully saturated rings. The first kappa shape index (κ1) is 13.7. The van der Waals surface area contributed by atoms with Gasteiger partial charge < -0.3 is 21.1 Å². The van der Waals surface area contributed by atoms with Gasteiger partial charge in [0.2, 0.25) is 0 Å². The molecule has 1 heterocycles. The van der Waals surface area contributed by atoms with Crippen molar-refractivity contribution < 1.29 is 9.53 Å². The molecule has 0 saturated carbocycles. The summed E-state index contributed by atoms with van der Waals surface area (Å²) in [5.41, 5.74) is 8.00. The third kappa shape index (κ3) is 3.61. The van der Waals surface area contributed by atoms with Gasteiger partial charge in [0.15, 0.2) is 0 Å². The lowest BCUT2D eigenvalue weighted by Crippen LogP contribution is -2.24. The number of benzene rings is 1. The molecule has 0 spiro atoms. The SMILES string of the molecule is CNC(=O)c1ccc(NCC2CCCOC2)c(N)c1. The molecule has 1 aliphatic rings. The second-order valence-electron chi connectivity index (χ2n) is 4.85. The quantitative estimate of drug-likeness (QED) is 0.719. The molecule has 1 aliphatic heterocycles. The molecule has 19 heavy (non-hydrogen) atoms. The van der Waals surface area contributed by atoms with Gasteiger partial charge in [-0.1, -0.05) is 0 Å². The number of ether oxygens (including phenoxy) is 1. The lowest BCUT2D eigenvalue weighted by molar-refractivity contribution is 0.0595. The van der Waals surface area contributed by atoms with Crippen LogP contribution in [0.3, 0.4) is 0 Å². The van der Waals surface area contributed by atoms with Gasteiger partial charge in [-0.15, -0.1) is 0 Å². The molecule has 5 nitrogen and oxygen atoms in total. The number of hydrogen-bond donors (Lipinski definition) is 3. The Labute approximate surface area is 113 Å². The van der Waals surface area contributed by atoms with E-state index in [1.807, 2.05) is 6.07 Å². The maximum absolute atomic E-state index is 11.5. The highest BCUT2D eigenvalue weighted by Crippen LogP contribution is 2.21. The number of rotatable bonds is 4. The Kier molecular flexibility index (Phi) is 4.63. The summed E-state index contributed by atoms with van der Waals surface area (Å²) < 4.78 is 5.44. The summed E-state index contributed by atoms with van der Waals surface area (Å²) in [5.74, 6) is 0.408. The molecule has 1 aromatic rings. The smallest absolute Gasteiger partial charge is 0.251 e. The second kappa shape index (κ2) is 6.43. The van der Waals surface area contributed by atoms with Gasteiger partial charge in [-0.05, 0) is 37.0 Å². The Morgan fingerprint density at radius 2 is 2.37 bits per heavy atom. The third-order valence-electron chi connectivity index (χ3n) is 3.38. The van der Waals surface area contributed by atoms with Crippen LogP contribution in [-0.4, -0.2) is 32.7 Å². The molecule has 0 aromatic heterocycles. The monoisotopic (exact) mass is 263 g/mol. The molecule has 104 valence electrons. The molecule has 0 aliphatic carbocycles. The fourth-order valence-electron chi connectivity index (χ4n) is 2.23. The number of nitrogens with one attached hydrogen (secondary N) is 2. The van der Waals surface area contributed by atoms with Crippen molar-refractivity contribution in [1.29, 1.82) is 0 Å². The minimum atomic E-state index is -0.126. The Balaban J connectivity index is 1.95. The van der Waals surface area contributed by atoms with Crippen LogP contribution >= 0.6 is 0 Å². The summed E-state index contributed by atoms with van der Waals surface area (Å²) in [4.78, 5) is 11.5. The van der Waals surface area contributed by atoms with E-state index in [0.29, 0.717) is 17.2 Å². The molecule has 0 bridgehead atoms. The summed E-state index contributed by atoms with van der Waals surface area (Å²) in [5, 5.41) is 5.91. The van der Waals surface area contributed by atoms with E-state index in [0.717, 1.165) is 31.9 Å². The molecule has 5 heteroatoms. The van der Waals surface area contributed by atoms with E-state index < -0.39 is 0 Å². The van der Waals surface area contributed by atoms with Gasteiger partial charge in [0.1, 0.15) is 0 Å². The summed E-state index contributed by atoms with van der Waals surface area (Å²) in [6, 6.07) is 5.32. The maximum atomic E-state index is 11.5. The highest BCUT2D eigenvalue weighted by molar-refractivity contribution is 5.95. The molecular weight excluding hydrogens is 242 g/mol. The van der Waals surface area contributed by atoms with Gasteiger partial charge >= 0.3 is 0 Å². The fraction of sp³-hybridized carbons (Fsp3) is 0.500. The summed E-state index contributed by atoms with van der Waals surface area (Å²) in [6.07, 6.45) is 2.31. The number of carbonyl (C=O) groups is 1. The predicted octanol–water partition coefficient (Wildman–Crippen LogP) is 1.47. The number of carbonyl (C=O) groups excluding carboxylic acids is 1. The zero-order valence-corrected chi connectivity index (χ0v) is 11.2. The molecule has 0 radical (unpaired) electrons. The fourth-order valence-corrected chi connectivity index (χ4v) is 2.23. The third-order valence-corrected chi connectivity index (χ3v) is 3.38. The van der Waals surface area contributed by atoms with E-state index in [1.165, 1.54) is 6.42 Å². The Morgan fingerprint density at radius 1 is 1.53 bits per heavy atom. The van der Waals surface area contributed by atoms with Crippen LogP contribution < -0.4 is 16.4 Å². The maximum Gasteiger partial charge on any atom is 0.251 e. The van der Waals surface area contributed by atoms with E-state index in [9.17, 15) is 4.79 Å². The van der Waals surface area contributed by atoms with Gasteiger partial charge in [-0.3, -0.25) is 4.79 Å². The molecule has 1 amide bonds. The van der Waals surface area contributed by atoms with Crippen LogP contribution in [0.1, 0.15) is 23.2 Å². The molecule has 1 saturated heterocycles. The summed E-state index contributed by atoms with van der Waals surface area (Å²) in [6.45, 7) is 2.53. The normalized spacial score (nSPS) is 18.9. The summed E-state index contributed by atoms with van der Waals surface area (Å²) >= 11 is 0. The van der Waals surface area contributed by atoms with E-state index in [2.05, 4.69) is 10.6 Å². The van der Waals surface area contributed by atoms with Crippen molar-refractivity contribution in [3.63, 3.8) is 0 Å². The van der Waals surface area contributed by atoms with Gasteiger partial charge in [0.25, 0.3) is 5.91 Å². The van der Waals surface area contributed by atoms with Gasteiger partial charge in [-0.2, -0.15) is 0 Å². The van der Waals surface area contributed by atoms with Crippen LogP contribution in [0.25, 0.3) is 0 Å². The first-order chi connectivity index (χ1) is 9.20. The number of anilines is 2. The molecule has 2 rings (SSSR count). The van der Waals surface area contributed by atoms with Crippen LogP contribution in [0.2, 0.25) is 0 Å². The van der Waals surface area contributed by atoms with Gasteiger partial charge in [-0.25, -0.2) is 0 Å². The topological polar surface area (TPSA) is 76.4 Å². The predicted molar refractivity (Wildman–Crippen MR) is 76.3 cm³/mol. The van der Waals surface area contributed by atoms with Crippen molar-refractivity contribution in [3.05, 3.63) is 23.8 Å². The van der Waals surface area contributed by atoms with Crippen molar-refractivity contribution in [3.8, 4) is 0 Å². The van der Waals surface area contributed by atoms with Gasteiger partial charge in [0, 0.05) is 25.8 Å². The lowest BCUT2D eigenvalue weighted by atomic mass is 10.0. The Morgan fingerprint density at radius 3 is 3.00 bits per heavy atom.